The van der Waals surface area contributed by atoms with Crippen LogP contribution in [-0.2, 0) is 9.59 Å². The maximum atomic E-state index is 12.4. The van der Waals surface area contributed by atoms with Crippen LogP contribution in [0, 0.1) is 0 Å². The fourth-order valence-corrected chi connectivity index (χ4v) is 3.14. The first-order valence-corrected chi connectivity index (χ1v) is 8.35. The first kappa shape index (κ1) is 16.6. The number of nitrogens with one attached hydrogen (secondary N) is 2. The average molecular weight is 332 g/mol. The van der Waals surface area contributed by atoms with E-state index in [0.29, 0.717) is 26.2 Å². The Morgan fingerprint density at radius 1 is 1.25 bits per heavy atom. The second-order valence-corrected chi connectivity index (χ2v) is 6.07. The van der Waals surface area contributed by atoms with Crippen LogP contribution in [-0.4, -0.2) is 69.1 Å². The largest absolute Gasteiger partial charge is 0.497 e. The van der Waals surface area contributed by atoms with Crippen LogP contribution in [0.25, 0.3) is 0 Å². The summed E-state index contributed by atoms with van der Waals surface area (Å²) >= 11 is 0. The summed E-state index contributed by atoms with van der Waals surface area (Å²) < 4.78 is 5.26. The molecule has 0 radical (unpaired) electrons. The maximum absolute atomic E-state index is 12.4. The van der Waals surface area contributed by atoms with Crippen LogP contribution in [0.15, 0.2) is 24.3 Å². The predicted molar refractivity (Wildman–Crippen MR) is 91.2 cm³/mol. The second kappa shape index (κ2) is 7.53. The van der Waals surface area contributed by atoms with Gasteiger partial charge in [0.05, 0.1) is 19.6 Å². The van der Waals surface area contributed by atoms with E-state index in [4.69, 9.17) is 4.74 Å². The van der Waals surface area contributed by atoms with Crippen molar-refractivity contribution < 1.29 is 14.3 Å². The third-order valence-electron chi connectivity index (χ3n) is 4.56. The van der Waals surface area contributed by atoms with Gasteiger partial charge in [-0.25, -0.2) is 0 Å². The molecule has 2 fully saturated rings. The Kier molecular flexibility index (Phi) is 5.20. The standard InChI is InChI=1S/C17H24N4O3/c1-24-14-4-2-3-13(11-14)20-7-9-21(10-8-20)16(22)12-15-17(23)19-6-5-18-15/h2-4,11,15,18H,5-10,12H2,1H3,(H,19,23). The van der Waals surface area contributed by atoms with Crippen molar-refractivity contribution in [3.63, 3.8) is 0 Å². The van der Waals surface area contributed by atoms with Gasteiger partial charge in [-0.15, -0.1) is 0 Å². The molecule has 2 aliphatic rings. The highest BCUT2D eigenvalue weighted by atomic mass is 16.5. The highest BCUT2D eigenvalue weighted by Gasteiger charge is 2.28. The van der Waals surface area contributed by atoms with Gasteiger partial charge in [-0.1, -0.05) is 6.07 Å². The van der Waals surface area contributed by atoms with Gasteiger partial charge in [0, 0.05) is 51.0 Å². The van der Waals surface area contributed by atoms with Gasteiger partial charge in [0.1, 0.15) is 5.75 Å². The van der Waals surface area contributed by atoms with Crippen LogP contribution >= 0.6 is 0 Å². The molecule has 1 aromatic carbocycles. The molecule has 24 heavy (non-hydrogen) atoms. The molecule has 2 heterocycles. The number of ether oxygens (including phenoxy) is 1. The molecule has 7 nitrogen and oxygen atoms in total. The lowest BCUT2D eigenvalue weighted by atomic mass is 10.1. The van der Waals surface area contributed by atoms with E-state index in [2.05, 4.69) is 21.6 Å². The van der Waals surface area contributed by atoms with Crippen LogP contribution in [0.2, 0.25) is 0 Å². The van der Waals surface area contributed by atoms with Crippen molar-refractivity contribution in [3.05, 3.63) is 24.3 Å². The minimum absolute atomic E-state index is 0.0369. The Hall–Kier alpha value is -2.28. The SMILES string of the molecule is COc1cccc(N2CCN(C(=O)CC3NCCNC3=O)CC2)c1. The predicted octanol–water partition coefficient (Wildman–Crippen LogP) is -0.178. The number of hydrogen-bond donors (Lipinski definition) is 2. The van der Waals surface area contributed by atoms with Crippen molar-refractivity contribution in [2.75, 3.05) is 51.3 Å². The van der Waals surface area contributed by atoms with Crippen LogP contribution in [0.3, 0.4) is 0 Å². The Morgan fingerprint density at radius 3 is 2.75 bits per heavy atom. The summed E-state index contributed by atoms with van der Waals surface area (Å²) in [7, 11) is 1.66. The smallest absolute Gasteiger partial charge is 0.237 e. The molecule has 0 aliphatic carbocycles. The van der Waals surface area contributed by atoms with Crippen molar-refractivity contribution in [1.29, 1.82) is 0 Å². The van der Waals surface area contributed by atoms with Crippen LogP contribution in [0.4, 0.5) is 5.69 Å². The number of anilines is 1. The summed E-state index contributed by atoms with van der Waals surface area (Å²) in [5.74, 6) is 0.792. The minimum atomic E-state index is -0.400. The molecule has 2 amide bonds. The first-order valence-electron chi connectivity index (χ1n) is 8.35. The zero-order valence-electron chi connectivity index (χ0n) is 14.0. The number of nitrogens with zero attached hydrogens (tertiary/aromatic N) is 2. The Balaban J connectivity index is 1.52. The number of rotatable bonds is 4. The van der Waals surface area contributed by atoms with E-state index in [1.54, 1.807) is 7.11 Å². The highest BCUT2D eigenvalue weighted by Crippen LogP contribution is 2.22. The lowest BCUT2D eigenvalue weighted by Gasteiger charge is -2.37. The molecule has 2 aliphatic heterocycles. The van der Waals surface area contributed by atoms with E-state index < -0.39 is 6.04 Å². The zero-order valence-corrected chi connectivity index (χ0v) is 14.0. The summed E-state index contributed by atoms with van der Waals surface area (Å²) in [6.45, 7) is 4.25. The van der Waals surface area contributed by atoms with Gasteiger partial charge in [0.15, 0.2) is 0 Å². The van der Waals surface area contributed by atoms with E-state index in [9.17, 15) is 9.59 Å². The monoisotopic (exact) mass is 332 g/mol. The molecule has 0 saturated carbocycles. The van der Waals surface area contributed by atoms with E-state index >= 15 is 0 Å². The number of methoxy groups -OCH3 is 1. The number of hydrogen-bond acceptors (Lipinski definition) is 5. The molecule has 130 valence electrons. The van der Waals surface area contributed by atoms with Crippen LogP contribution in [0.1, 0.15) is 6.42 Å². The van der Waals surface area contributed by atoms with Crippen molar-refractivity contribution in [3.8, 4) is 5.75 Å². The minimum Gasteiger partial charge on any atom is -0.497 e. The van der Waals surface area contributed by atoms with E-state index in [-0.39, 0.29) is 18.2 Å². The van der Waals surface area contributed by atoms with Gasteiger partial charge in [0.25, 0.3) is 0 Å². The first-order chi connectivity index (χ1) is 11.7. The summed E-state index contributed by atoms with van der Waals surface area (Å²) in [6, 6.07) is 7.55. The van der Waals surface area contributed by atoms with Crippen molar-refractivity contribution in [1.82, 2.24) is 15.5 Å². The van der Waals surface area contributed by atoms with Gasteiger partial charge in [-0.2, -0.15) is 0 Å². The maximum Gasteiger partial charge on any atom is 0.237 e. The molecule has 2 N–H and O–H groups in total. The average Bonchev–Trinajstić information content (AvgIpc) is 2.64. The lowest BCUT2D eigenvalue weighted by molar-refractivity contribution is -0.135. The normalized spacial score (nSPS) is 21.4. The van der Waals surface area contributed by atoms with Gasteiger partial charge in [-0.05, 0) is 12.1 Å². The summed E-state index contributed by atoms with van der Waals surface area (Å²) in [5, 5.41) is 5.89. The highest BCUT2D eigenvalue weighted by molar-refractivity contribution is 5.88. The zero-order chi connectivity index (χ0) is 16.9. The molecule has 1 unspecified atom stereocenters. The molecule has 0 spiro atoms. The number of carbonyl (C=O) groups is 2. The van der Waals surface area contributed by atoms with Crippen LogP contribution in [0.5, 0.6) is 5.75 Å². The fraction of sp³-hybridized carbons (Fsp3) is 0.529. The number of carbonyl (C=O) groups excluding carboxylic acids is 2. The topological polar surface area (TPSA) is 73.9 Å². The molecule has 1 atom stereocenters. The summed E-state index contributed by atoms with van der Waals surface area (Å²) in [6.07, 6.45) is 0.227. The van der Waals surface area contributed by atoms with E-state index in [1.807, 2.05) is 23.1 Å². The molecular weight excluding hydrogens is 308 g/mol. The third-order valence-corrected chi connectivity index (χ3v) is 4.56. The number of piperazine rings is 2. The Bertz CT molecular complexity index is 599. The van der Waals surface area contributed by atoms with E-state index in [0.717, 1.165) is 24.5 Å². The molecule has 1 aromatic rings. The van der Waals surface area contributed by atoms with Crippen LogP contribution < -0.4 is 20.3 Å². The lowest BCUT2D eigenvalue weighted by Crippen LogP contribution is -2.56. The third kappa shape index (κ3) is 3.79. The van der Waals surface area contributed by atoms with Gasteiger partial charge in [0.2, 0.25) is 11.8 Å². The summed E-state index contributed by atoms with van der Waals surface area (Å²) in [5.41, 5.74) is 1.11. The molecule has 3 rings (SSSR count). The van der Waals surface area contributed by atoms with Crippen molar-refractivity contribution in [2.45, 2.75) is 12.5 Å². The summed E-state index contributed by atoms with van der Waals surface area (Å²) in [4.78, 5) is 28.3. The molecular formula is C17H24N4O3. The van der Waals surface area contributed by atoms with Gasteiger partial charge < -0.3 is 25.2 Å². The van der Waals surface area contributed by atoms with E-state index in [1.165, 1.54) is 0 Å². The second-order valence-electron chi connectivity index (χ2n) is 6.07. The molecule has 7 heteroatoms. The number of amides is 2. The van der Waals surface area contributed by atoms with Gasteiger partial charge >= 0.3 is 0 Å². The Labute approximate surface area is 141 Å². The Morgan fingerprint density at radius 2 is 2.04 bits per heavy atom. The molecule has 0 bridgehead atoms. The molecule has 0 aromatic heterocycles. The van der Waals surface area contributed by atoms with Crippen molar-refractivity contribution >= 4 is 17.5 Å². The fourth-order valence-electron chi connectivity index (χ4n) is 3.14. The number of benzene rings is 1. The van der Waals surface area contributed by atoms with Crippen molar-refractivity contribution in [2.24, 2.45) is 0 Å². The molecule has 2 saturated heterocycles. The van der Waals surface area contributed by atoms with Gasteiger partial charge in [-0.3, -0.25) is 9.59 Å². The quantitative estimate of drug-likeness (QED) is 0.800.